The fourth-order valence-electron chi connectivity index (χ4n) is 3.20. The third-order valence-electron chi connectivity index (χ3n) is 4.87. The Bertz CT molecular complexity index is 619. The number of carbonyl (C=O) groups excluding carboxylic acids is 3. The summed E-state index contributed by atoms with van der Waals surface area (Å²) in [6.45, 7) is 5.58. The van der Waals surface area contributed by atoms with E-state index >= 15 is 0 Å². The van der Waals surface area contributed by atoms with Crippen molar-refractivity contribution in [3.63, 3.8) is 0 Å². The van der Waals surface area contributed by atoms with Crippen LogP contribution in [-0.2, 0) is 9.59 Å². The molecule has 2 fully saturated rings. The van der Waals surface area contributed by atoms with Crippen LogP contribution < -0.4 is 0 Å². The number of hydrogen-bond acceptors (Lipinski definition) is 4. The number of nitrogens with zero attached hydrogens (tertiary/aromatic N) is 2. The van der Waals surface area contributed by atoms with E-state index < -0.39 is 11.7 Å². The molecule has 2 heterocycles. The summed E-state index contributed by atoms with van der Waals surface area (Å²) in [7, 11) is 0. The summed E-state index contributed by atoms with van der Waals surface area (Å²) >= 11 is 0. The van der Waals surface area contributed by atoms with Crippen LogP contribution in [0.25, 0.3) is 0 Å². The maximum Gasteiger partial charge on any atom is 0.298 e. The lowest BCUT2D eigenvalue weighted by molar-refractivity contribution is -0.133. The van der Waals surface area contributed by atoms with Gasteiger partial charge in [0.2, 0.25) is 5.91 Å². The smallest absolute Gasteiger partial charge is 0.298 e. The summed E-state index contributed by atoms with van der Waals surface area (Å²) in [5.41, 5.74) is 0. The second-order valence-electron chi connectivity index (χ2n) is 7.11. The average Bonchev–Trinajstić information content (AvgIpc) is 3.24. The van der Waals surface area contributed by atoms with E-state index in [-0.39, 0.29) is 36.6 Å². The molecule has 2 amide bonds. The molecule has 3 rings (SSSR count). The summed E-state index contributed by atoms with van der Waals surface area (Å²) in [4.78, 5) is 40.8. The lowest BCUT2D eigenvalue weighted by atomic mass is 10.0. The number of carbonyl (C=O) groups is 3. The Labute approximate surface area is 141 Å². The van der Waals surface area contributed by atoms with Gasteiger partial charge in [0.15, 0.2) is 5.76 Å². The molecule has 0 bridgehead atoms. The Morgan fingerprint density at radius 3 is 2.67 bits per heavy atom. The second kappa shape index (κ2) is 6.79. The standard InChI is InChI=1S/C18H24N2O4/c1-12(2)14-11-19(18(23)17(22)15-4-3-9-24-15)8-7-16(21)20(14)10-13-5-6-13/h3-4,9,12-14H,5-8,10-11H2,1-2H3/t14-/m1/s1. The molecular weight excluding hydrogens is 308 g/mol. The quantitative estimate of drug-likeness (QED) is 0.610. The summed E-state index contributed by atoms with van der Waals surface area (Å²) in [5.74, 6) is -0.280. The molecule has 1 saturated carbocycles. The van der Waals surface area contributed by atoms with Crippen LogP contribution in [0.1, 0.15) is 43.7 Å². The molecule has 0 radical (unpaired) electrons. The minimum atomic E-state index is -0.648. The molecule has 6 nitrogen and oxygen atoms in total. The van der Waals surface area contributed by atoms with Gasteiger partial charge in [-0.1, -0.05) is 13.8 Å². The van der Waals surface area contributed by atoms with Crippen LogP contribution >= 0.6 is 0 Å². The van der Waals surface area contributed by atoms with Crippen molar-refractivity contribution in [1.82, 2.24) is 9.80 Å². The van der Waals surface area contributed by atoms with Crippen molar-refractivity contribution in [3.05, 3.63) is 24.2 Å². The fraction of sp³-hybridized carbons (Fsp3) is 0.611. The first-order valence-corrected chi connectivity index (χ1v) is 8.64. The first-order valence-electron chi connectivity index (χ1n) is 8.64. The van der Waals surface area contributed by atoms with Gasteiger partial charge < -0.3 is 14.2 Å². The maximum absolute atomic E-state index is 12.6. The molecule has 1 atom stereocenters. The van der Waals surface area contributed by atoms with E-state index in [1.165, 1.54) is 30.1 Å². The van der Waals surface area contributed by atoms with E-state index in [9.17, 15) is 14.4 Å². The molecule has 1 aliphatic heterocycles. The zero-order valence-electron chi connectivity index (χ0n) is 14.2. The van der Waals surface area contributed by atoms with E-state index in [4.69, 9.17) is 4.42 Å². The normalized spacial score (nSPS) is 22.0. The van der Waals surface area contributed by atoms with Crippen LogP contribution in [0.3, 0.4) is 0 Å². The minimum absolute atomic E-state index is 0.0473. The van der Waals surface area contributed by atoms with Gasteiger partial charge in [-0.2, -0.15) is 0 Å². The molecule has 2 aliphatic rings. The average molecular weight is 332 g/mol. The highest BCUT2D eigenvalue weighted by Crippen LogP contribution is 2.32. The van der Waals surface area contributed by atoms with Gasteiger partial charge in [0.25, 0.3) is 11.7 Å². The van der Waals surface area contributed by atoms with Crippen molar-refractivity contribution in [1.29, 1.82) is 0 Å². The summed E-state index contributed by atoms with van der Waals surface area (Å²) in [6, 6.07) is 3.03. The van der Waals surface area contributed by atoms with Crippen LogP contribution in [0, 0.1) is 11.8 Å². The fourth-order valence-corrected chi connectivity index (χ4v) is 3.20. The van der Waals surface area contributed by atoms with Crippen LogP contribution in [0.5, 0.6) is 0 Å². The zero-order chi connectivity index (χ0) is 17.3. The Morgan fingerprint density at radius 1 is 1.33 bits per heavy atom. The number of ketones is 1. The maximum atomic E-state index is 12.6. The summed E-state index contributed by atoms with van der Waals surface area (Å²) in [5, 5.41) is 0. The van der Waals surface area contributed by atoms with Gasteiger partial charge in [0.1, 0.15) is 0 Å². The molecule has 0 N–H and O–H groups in total. The van der Waals surface area contributed by atoms with Crippen LogP contribution in [-0.4, -0.2) is 53.1 Å². The first-order chi connectivity index (χ1) is 11.5. The van der Waals surface area contributed by atoms with Crippen molar-refractivity contribution >= 4 is 17.6 Å². The number of rotatable bonds is 5. The van der Waals surface area contributed by atoms with Crippen molar-refractivity contribution in [3.8, 4) is 0 Å². The molecular formula is C18H24N2O4. The number of amides is 2. The monoisotopic (exact) mass is 332 g/mol. The largest absolute Gasteiger partial charge is 0.461 e. The molecule has 130 valence electrons. The topological polar surface area (TPSA) is 70.8 Å². The Balaban J connectivity index is 1.76. The molecule has 24 heavy (non-hydrogen) atoms. The van der Waals surface area contributed by atoms with Crippen molar-refractivity contribution in [2.45, 2.75) is 39.2 Å². The van der Waals surface area contributed by atoms with Gasteiger partial charge in [-0.15, -0.1) is 0 Å². The molecule has 6 heteroatoms. The van der Waals surface area contributed by atoms with E-state index in [0.29, 0.717) is 12.5 Å². The van der Waals surface area contributed by atoms with Gasteiger partial charge in [-0.25, -0.2) is 0 Å². The highest BCUT2D eigenvalue weighted by Gasteiger charge is 2.38. The van der Waals surface area contributed by atoms with Gasteiger partial charge in [-0.3, -0.25) is 14.4 Å². The summed E-state index contributed by atoms with van der Waals surface area (Å²) < 4.78 is 5.04. The molecule has 1 saturated heterocycles. The lowest BCUT2D eigenvalue weighted by Gasteiger charge is -2.34. The molecule has 1 aromatic heterocycles. The molecule has 0 spiro atoms. The SMILES string of the molecule is CC(C)[C@H]1CN(C(=O)C(=O)c2ccco2)CCC(=O)N1CC1CC1. The van der Waals surface area contributed by atoms with Gasteiger partial charge in [0.05, 0.1) is 12.3 Å². The van der Waals surface area contributed by atoms with Gasteiger partial charge in [-0.05, 0) is 36.8 Å². The lowest BCUT2D eigenvalue weighted by Crippen LogP contribution is -2.49. The molecule has 1 aliphatic carbocycles. The number of Topliss-reactive ketones (excluding diaryl/α,β-unsaturated/α-hetero) is 1. The van der Waals surface area contributed by atoms with Crippen molar-refractivity contribution < 1.29 is 18.8 Å². The number of furan rings is 1. The number of hydrogen-bond donors (Lipinski definition) is 0. The molecule has 0 aromatic carbocycles. The highest BCUT2D eigenvalue weighted by molar-refractivity contribution is 6.41. The van der Waals surface area contributed by atoms with Crippen LogP contribution in [0.4, 0.5) is 0 Å². The minimum Gasteiger partial charge on any atom is -0.461 e. The third-order valence-corrected chi connectivity index (χ3v) is 4.87. The van der Waals surface area contributed by atoms with Crippen molar-refractivity contribution in [2.75, 3.05) is 19.6 Å². The van der Waals surface area contributed by atoms with E-state index in [2.05, 4.69) is 13.8 Å². The third kappa shape index (κ3) is 3.52. The van der Waals surface area contributed by atoms with E-state index in [1.54, 1.807) is 6.07 Å². The van der Waals surface area contributed by atoms with Crippen molar-refractivity contribution in [2.24, 2.45) is 11.8 Å². The summed E-state index contributed by atoms with van der Waals surface area (Å²) in [6.07, 6.45) is 4.00. The molecule has 0 unspecified atom stereocenters. The predicted octanol–water partition coefficient (Wildman–Crippen LogP) is 1.96. The molecule has 1 aromatic rings. The Hall–Kier alpha value is -2.11. The van der Waals surface area contributed by atoms with E-state index in [1.807, 2.05) is 4.90 Å². The van der Waals surface area contributed by atoms with Crippen LogP contribution in [0.2, 0.25) is 0 Å². The van der Waals surface area contributed by atoms with E-state index in [0.717, 1.165) is 6.54 Å². The second-order valence-corrected chi connectivity index (χ2v) is 7.11. The predicted molar refractivity (Wildman–Crippen MR) is 87.3 cm³/mol. The van der Waals surface area contributed by atoms with Gasteiger partial charge >= 0.3 is 0 Å². The first kappa shape index (κ1) is 16.7. The highest BCUT2D eigenvalue weighted by atomic mass is 16.3. The zero-order valence-corrected chi connectivity index (χ0v) is 14.2. The van der Waals surface area contributed by atoms with Crippen LogP contribution in [0.15, 0.2) is 22.8 Å². The van der Waals surface area contributed by atoms with Gasteiger partial charge in [0, 0.05) is 26.1 Å². The Morgan fingerprint density at radius 2 is 2.08 bits per heavy atom. The Kier molecular flexibility index (Phi) is 4.73.